The van der Waals surface area contributed by atoms with Crippen LogP contribution in [0.2, 0.25) is 4.34 Å². The number of thiophene rings is 1. The van der Waals surface area contributed by atoms with Crippen LogP contribution in [0, 0.1) is 0 Å². The lowest BCUT2D eigenvalue weighted by atomic mass is 10.0. The lowest BCUT2D eigenvalue weighted by Crippen LogP contribution is -2.39. The van der Waals surface area contributed by atoms with Crippen molar-refractivity contribution in [3.8, 4) is 16.9 Å². The summed E-state index contributed by atoms with van der Waals surface area (Å²) in [6.07, 6.45) is 1.57. The van der Waals surface area contributed by atoms with Crippen LogP contribution in [0.4, 0.5) is 5.69 Å². The number of ether oxygens (including phenoxy) is 1. The number of carboxylic acids is 1. The molecular weight excluding hydrogens is 520 g/mol. The molecule has 8 nitrogen and oxygen atoms in total. The van der Waals surface area contributed by atoms with E-state index in [-0.39, 0.29) is 12.4 Å². The van der Waals surface area contributed by atoms with Crippen molar-refractivity contribution in [3.63, 3.8) is 0 Å². The van der Waals surface area contributed by atoms with Gasteiger partial charge in [0.1, 0.15) is 4.34 Å². The minimum atomic E-state index is -4.41. The summed E-state index contributed by atoms with van der Waals surface area (Å²) >= 11 is 8.73. The largest absolute Gasteiger partial charge is 0.477 e. The Bertz CT molecular complexity index is 1560. The minimum absolute atomic E-state index is 0.150. The predicted molar refractivity (Wildman–Crippen MR) is 132 cm³/mol. The van der Waals surface area contributed by atoms with E-state index in [9.17, 15) is 22.9 Å². The third kappa shape index (κ3) is 4.52. The Morgan fingerprint density at radius 1 is 1.12 bits per heavy atom. The summed E-state index contributed by atoms with van der Waals surface area (Å²) in [5, 5.41) is 9.94. The summed E-state index contributed by atoms with van der Waals surface area (Å²) < 4.78 is 42.2. The Morgan fingerprint density at radius 3 is 2.59 bits per heavy atom. The van der Waals surface area contributed by atoms with Gasteiger partial charge in [0.05, 0.1) is 11.8 Å². The fraction of sp³-hybridized carbons (Fsp3) is 0.0909. The molecule has 0 saturated heterocycles. The van der Waals surface area contributed by atoms with Crippen LogP contribution in [0.1, 0.15) is 5.01 Å². The molecule has 34 heavy (non-hydrogen) atoms. The average Bonchev–Trinajstić information content (AvgIpc) is 3.39. The van der Waals surface area contributed by atoms with Gasteiger partial charge in [0.25, 0.3) is 15.1 Å². The fourth-order valence-corrected chi connectivity index (χ4v) is 6.97. The number of hydrogen-bond donors (Lipinski definition) is 2. The van der Waals surface area contributed by atoms with Crippen molar-refractivity contribution in [1.29, 1.82) is 0 Å². The molecular formula is C22H16ClN2O6S3+. The van der Waals surface area contributed by atoms with Gasteiger partial charge in [-0.05, 0) is 23.3 Å². The topological polar surface area (TPSA) is 108 Å². The first kappa shape index (κ1) is 22.8. The van der Waals surface area contributed by atoms with Crippen molar-refractivity contribution in [2.45, 2.75) is 6.54 Å². The van der Waals surface area contributed by atoms with E-state index in [1.807, 2.05) is 36.4 Å². The number of carboxylic acid groups (broad SMARTS) is 1. The zero-order valence-electron chi connectivity index (χ0n) is 17.2. The quantitative estimate of drug-likeness (QED) is 0.272. The van der Waals surface area contributed by atoms with Crippen molar-refractivity contribution in [1.82, 2.24) is 0 Å². The second-order valence-electron chi connectivity index (χ2n) is 7.42. The summed E-state index contributed by atoms with van der Waals surface area (Å²) in [5.74, 6) is -1.20. The molecule has 2 aromatic heterocycles. The zero-order chi connectivity index (χ0) is 24.0. The van der Waals surface area contributed by atoms with Gasteiger partial charge in [0, 0.05) is 6.07 Å². The van der Waals surface area contributed by atoms with Gasteiger partial charge in [-0.25, -0.2) is 4.79 Å². The molecule has 1 aliphatic rings. The number of benzene rings is 2. The third-order valence-electron chi connectivity index (χ3n) is 5.07. The van der Waals surface area contributed by atoms with E-state index in [1.54, 1.807) is 28.8 Å². The maximum absolute atomic E-state index is 11.8. The van der Waals surface area contributed by atoms with Crippen LogP contribution in [-0.4, -0.2) is 29.9 Å². The van der Waals surface area contributed by atoms with E-state index in [4.69, 9.17) is 16.3 Å². The van der Waals surface area contributed by atoms with E-state index < -0.39 is 22.0 Å². The van der Waals surface area contributed by atoms with Gasteiger partial charge in [0.15, 0.2) is 15.6 Å². The molecule has 0 fully saturated rings. The van der Waals surface area contributed by atoms with Crippen molar-refractivity contribution in [2.24, 2.45) is 0 Å². The summed E-state index contributed by atoms with van der Waals surface area (Å²) in [4.78, 5) is 12.8. The van der Waals surface area contributed by atoms with Crippen molar-refractivity contribution >= 4 is 71.7 Å². The van der Waals surface area contributed by atoms with Gasteiger partial charge in [-0.15, -0.1) is 11.3 Å². The Labute approximate surface area is 207 Å². The SMILES string of the molecule is O=C(O)C[n+]1c(/C=C2\Oc3ccc(-c4ccccc4)cc3N2CS(=O)(=O)O)sc2sc(Cl)cc21. The molecule has 5 rings (SSSR count). The second kappa shape index (κ2) is 8.67. The Kier molecular flexibility index (Phi) is 5.82. The lowest BCUT2D eigenvalue weighted by molar-refractivity contribution is -0.657. The number of fused-ring (bicyclic) bond motifs is 2. The van der Waals surface area contributed by atoms with Crippen molar-refractivity contribution in [2.75, 3.05) is 10.8 Å². The monoisotopic (exact) mass is 535 g/mol. The maximum atomic E-state index is 11.8. The van der Waals surface area contributed by atoms with E-state index >= 15 is 0 Å². The molecule has 0 saturated carbocycles. The van der Waals surface area contributed by atoms with E-state index in [2.05, 4.69) is 0 Å². The van der Waals surface area contributed by atoms with Crippen LogP contribution in [0.3, 0.4) is 0 Å². The first-order valence-electron chi connectivity index (χ1n) is 9.83. The maximum Gasteiger partial charge on any atom is 0.370 e. The molecule has 174 valence electrons. The summed E-state index contributed by atoms with van der Waals surface area (Å²) in [5.41, 5.74) is 2.91. The standard InChI is InChI=1S/C22H15ClN2O6S3/c23-18-9-16-22(32-18)33-20(24(16)11-21(26)27)10-19-25(12-34(28,29)30)15-8-14(6-7-17(15)31-19)13-4-2-1-3-5-13/h1-10H,11-12H2,(H-,26,27,28,29,30)/p+1. The summed E-state index contributed by atoms with van der Waals surface area (Å²) in [7, 11) is -4.41. The highest BCUT2D eigenvalue weighted by atomic mass is 35.5. The number of rotatable bonds is 6. The van der Waals surface area contributed by atoms with Gasteiger partial charge in [-0.3, -0.25) is 9.45 Å². The van der Waals surface area contributed by atoms with Crippen LogP contribution in [0.25, 0.3) is 26.7 Å². The van der Waals surface area contributed by atoms with E-state index in [1.165, 1.54) is 27.6 Å². The highest BCUT2D eigenvalue weighted by Gasteiger charge is 2.33. The molecule has 0 aliphatic carbocycles. The number of halogens is 1. The second-order valence-corrected chi connectivity index (χ2v) is 11.8. The molecule has 0 radical (unpaired) electrons. The Morgan fingerprint density at radius 2 is 1.88 bits per heavy atom. The number of hydrogen-bond acceptors (Lipinski definition) is 7. The first-order valence-corrected chi connectivity index (χ1v) is 13.5. The van der Waals surface area contributed by atoms with Crippen LogP contribution in [-0.2, 0) is 21.5 Å². The third-order valence-corrected chi connectivity index (χ3v) is 8.15. The normalized spacial score (nSPS) is 14.5. The van der Waals surface area contributed by atoms with Crippen LogP contribution >= 0.6 is 34.3 Å². The first-order chi connectivity index (χ1) is 16.2. The number of nitrogens with zero attached hydrogens (tertiary/aromatic N) is 2. The summed E-state index contributed by atoms with van der Waals surface area (Å²) in [6, 6.07) is 16.6. The number of anilines is 1. The highest BCUT2D eigenvalue weighted by molar-refractivity contribution is 7.85. The predicted octanol–water partition coefficient (Wildman–Crippen LogP) is 4.70. The Balaban J connectivity index is 1.62. The van der Waals surface area contributed by atoms with Gasteiger partial charge in [0.2, 0.25) is 17.9 Å². The number of aromatic nitrogens is 1. The zero-order valence-corrected chi connectivity index (χ0v) is 20.4. The smallest absolute Gasteiger partial charge is 0.370 e. The molecule has 4 aromatic rings. The summed E-state index contributed by atoms with van der Waals surface area (Å²) in [6.45, 7) is -0.310. The van der Waals surface area contributed by atoms with Gasteiger partial charge < -0.3 is 9.84 Å². The van der Waals surface area contributed by atoms with Gasteiger partial charge in [-0.1, -0.05) is 59.3 Å². The molecule has 3 heterocycles. The molecule has 1 aliphatic heterocycles. The number of carbonyl (C=O) groups is 1. The molecule has 0 unspecified atom stereocenters. The van der Waals surface area contributed by atoms with Crippen molar-refractivity contribution in [3.05, 3.63) is 69.8 Å². The molecule has 2 aromatic carbocycles. The highest BCUT2D eigenvalue weighted by Crippen LogP contribution is 2.43. The minimum Gasteiger partial charge on any atom is -0.477 e. The number of thiazole rings is 1. The molecule has 12 heteroatoms. The van der Waals surface area contributed by atoms with Gasteiger partial charge in [-0.2, -0.15) is 13.0 Å². The Hall–Kier alpha value is -2.96. The lowest BCUT2D eigenvalue weighted by Gasteiger charge is -2.16. The van der Waals surface area contributed by atoms with Crippen LogP contribution < -0.4 is 14.2 Å². The van der Waals surface area contributed by atoms with Crippen LogP contribution in [0.15, 0.2) is 60.5 Å². The fourth-order valence-electron chi connectivity index (χ4n) is 3.69. The van der Waals surface area contributed by atoms with Crippen LogP contribution in [0.5, 0.6) is 5.75 Å². The van der Waals surface area contributed by atoms with Gasteiger partial charge >= 0.3 is 5.97 Å². The van der Waals surface area contributed by atoms with Crippen molar-refractivity contribution < 1.29 is 32.2 Å². The van der Waals surface area contributed by atoms with E-state index in [0.717, 1.165) is 15.1 Å². The number of aliphatic carboxylic acids is 1. The molecule has 2 N–H and O–H groups in total. The molecule has 0 atom stereocenters. The average molecular weight is 536 g/mol. The van der Waals surface area contributed by atoms with E-state index in [0.29, 0.717) is 26.3 Å². The molecule has 0 amide bonds. The molecule has 0 spiro atoms. The molecule has 0 bridgehead atoms.